The predicted molar refractivity (Wildman–Crippen MR) is 257 cm³/mol. The van der Waals surface area contributed by atoms with E-state index in [1.807, 2.05) is 20.1 Å². The molecule has 67 heavy (non-hydrogen) atoms. The first-order chi connectivity index (χ1) is 32.8. The molecule has 3 unspecified atom stereocenters. The number of allylic oxidation sites excluding steroid dienone is 2. The molecule has 374 valence electrons. The molecule has 1 aromatic rings. The fourth-order valence-corrected chi connectivity index (χ4v) is 7.73. The Morgan fingerprint density at radius 3 is 1.85 bits per heavy atom. The van der Waals surface area contributed by atoms with Gasteiger partial charge in [-0.2, -0.15) is 5.10 Å². The summed E-state index contributed by atoms with van der Waals surface area (Å²) in [5, 5.41) is 13.5. The molecular formula is C46H76B2N6O13. The highest BCUT2D eigenvalue weighted by molar-refractivity contribution is 6.29. The summed E-state index contributed by atoms with van der Waals surface area (Å²) in [6.07, 6.45) is 6.20. The summed E-state index contributed by atoms with van der Waals surface area (Å²) >= 11 is 0. The molecule has 2 aliphatic heterocycles. The summed E-state index contributed by atoms with van der Waals surface area (Å²) in [4.78, 5) is 49.6. The van der Waals surface area contributed by atoms with Gasteiger partial charge >= 0.3 is 6.09 Å². The number of carbonyl (C=O) groups excluding carboxylic acids is 4. The molecule has 1 saturated carbocycles. The van der Waals surface area contributed by atoms with Crippen LogP contribution in [-0.4, -0.2) is 182 Å². The number of hydrogen-bond acceptors (Lipinski definition) is 16. The van der Waals surface area contributed by atoms with Crippen molar-refractivity contribution in [2.75, 3.05) is 125 Å². The molecule has 4 rings (SSSR count). The number of rotatable bonds is 36. The van der Waals surface area contributed by atoms with E-state index < -0.39 is 6.09 Å². The first-order valence-electron chi connectivity index (χ1n) is 24.3. The van der Waals surface area contributed by atoms with Crippen molar-refractivity contribution in [3.8, 4) is 5.75 Å². The Bertz CT molecular complexity index is 1660. The smallest absolute Gasteiger partial charge is 0.407 e. The second kappa shape index (κ2) is 34.2. The van der Waals surface area contributed by atoms with Gasteiger partial charge in [-0.15, -0.1) is 0 Å². The number of amides is 4. The number of ether oxygens (including phenoxy) is 9. The van der Waals surface area contributed by atoms with Gasteiger partial charge in [0.15, 0.2) is 7.98 Å². The topological polar surface area (TPSA) is 215 Å². The largest absolute Gasteiger partial charge is 0.491 e. The van der Waals surface area contributed by atoms with Crippen LogP contribution < -0.4 is 26.0 Å². The van der Waals surface area contributed by atoms with E-state index in [1.54, 1.807) is 7.85 Å². The fraction of sp³-hybridized carbons (Fsp3) is 0.717. The first kappa shape index (κ1) is 55.5. The summed E-state index contributed by atoms with van der Waals surface area (Å²) in [7, 11) is 3.65. The molecule has 21 heteroatoms. The molecule has 3 atom stereocenters. The van der Waals surface area contributed by atoms with E-state index in [0.717, 1.165) is 74.4 Å². The molecule has 0 bridgehead atoms. The van der Waals surface area contributed by atoms with E-state index in [9.17, 15) is 19.2 Å². The molecule has 0 spiro atoms. The highest BCUT2D eigenvalue weighted by Crippen LogP contribution is 2.35. The molecule has 1 aliphatic carbocycles. The van der Waals surface area contributed by atoms with Crippen LogP contribution in [0.2, 0.25) is 5.82 Å². The third kappa shape index (κ3) is 22.7. The van der Waals surface area contributed by atoms with E-state index in [2.05, 4.69) is 40.3 Å². The average Bonchev–Trinajstić information content (AvgIpc) is 3.56. The maximum absolute atomic E-state index is 12.7. The molecule has 4 amide bonds. The van der Waals surface area contributed by atoms with Crippen molar-refractivity contribution in [3.05, 3.63) is 41.1 Å². The third-order valence-corrected chi connectivity index (χ3v) is 11.4. The molecule has 3 aliphatic rings. The summed E-state index contributed by atoms with van der Waals surface area (Å²) < 4.78 is 50.7. The summed E-state index contributed by atoms with van der Waals surface area (Å²) in [6, 6.07) is 8.05. The lowest BCUT2D eigenvalue weighted by Gasteiger charge is -2.32. The Morgan fingerprint density at radius 1 is 0.731 bits per heavy atom. The number of hydrazone groups is 1. The Morgan fingerprint density at radius 2 is 1.28 bits per heavy atom. The van der Waals surface area contributed by atoms with Gasteiger partial charge in [-0.05, 0) is 100 Å². The minimum absolute atomic E-state index is 0.0985. The van der Waals surface area contributed by atoms with Crippen LogP contribution >= 0.6 is 0 Å². The molecule has 0 aromatic heterocycles. The van der Waals surface area contributed by atoms with Crippen molar-refractivity contribution in [3.63, 3.8) is 0 Å². The maximum Gasteiger partial charge on any atom is 0.407 e. The summed E-state index contributed by atoms with van der Waals surface area (Å²) in [6.45, 7) is 11.6. The van der Waals surface area contributed by atoms with Gasteiger partial charge in [-0.3, -0.25) is 24.7 Å². The number of alkyl carbamates (subject to hydrolysis) is 1. The zero-order chi connectivity index (χ0) is 47.7. The van der Waals surface area contributed by atoms with Gasteiger partial charge in [-0.1, -0.05) is 0 Å². The summed E-state index contributed by atoms with van der Waals surface area (Å²) in [5.41, 5.74) is 7.68. The first-order valence-corrected chi connectivity index (χ1v) is 24.3. The van der Waals surface area contributed by atoms with E-state index in [0.29, 0.717) is 118 Å². The van der Waals surface area contributed by atoms with Crippen molar-refractivity contribution in [1.29, 1.82) is 0 Å². The highest BCUT2D eigenvalue weighted by Gasteiger charge is 2.35. The van der Waals surface area contributed by atoms with E-state index in [4.69, 9.17) is 47.7 Å². The molecule has 2 heterocycles. The highest BCUT2D eigenvalue weighted by atomic mass is 16.6. The molecule has 0 radical (unpaired) electrons. The minimum Gasteiger partial charge on any atom is -0.491 e. The van der Waals surface area contributed by atoms with Gasteiger partial charge in [0.25, 0.3) is 0 Å². The van der Waals surface area contributed by atoms with Crippen LogP contribution in [-0.2, 0) is 52.3 Å². The van der Waals surface area contributed by atoms with Gasteiger partial charge in [0.1, 0.15) is 26.3 Å². The van der Waals surface area contributed by atoms with Gasteiger partial charge in [0.2, 0.25) is 17.7 Å². The van der Waals surface area contributed by atoms with Crippen LogP contribution in [0.15, 0.2) is 40.6 Å². The normalized spacial score (nSPS) is 18.5. The van der Waals surface area contributed by atoms with Gasteiger partial charge in [0, 0.05) is 69.7 Å². The lowest BCUT2D eigenvalue weighted by molar-refractivity contribution is -0.138. The van der Waals surface area contributed by atoms with Crippen molar-refractivity contribution in [1.82, 2.24) is 26.2 Å². The number of benzene rings is 1. The van der Waals surface area contributed by atoms with Gasteiger partial charge in [-0.25, -0.2) is 4.79 Å². The number of fused-ring (bicyclic) bond motifs is 1. The third-order valence-electron chi connectivity index (χ3n) is 11.4. The Hall–Kier alpha value is -4.08. The Balaban J connectivity index is 0.950. The molecule has 1 saturated heterocycles. The van der Waals surface area contributed by atoms with Crippen LogP contribution in [0.4, 0.5) is 4.79 Å². The van der Waals surface area contributed by atoms with E-state index in [-0.39, 0.29) is 54.9 Å². The Labute approximate surface area is 398 Å². The average molecular weight is 943 g/mol. The monoisotopic (exact) mass is 943 g/mol. The van der Waals surface area contributed by atoms with E-state index >= 15 is 0 Å². The maximum atomic E-state index is 12.7. The lowest BCUT2D eigenvalue weighted by Crippen LogP contribution is -2.35. The van der Waals surface area contributed by atoms with Crippen molar-refractivity contribution in [2.24, 2.45) is 11.0 Å². The number of likely N-dealkylation sites (tertiary alicyclic amines) is 1. The predicted octanol–water partition coefficient (Wildman–Crippen LogP) is 1.43. The molecule has 2 fully saturated rings. The molecule has 4 N–H and O–H groups in total. The quantitative estimate of drug-likeness (QED) is 0.0426. The number of hydrogen-bond donors (Lipinski definition) is 4. The van der Waals surface area contributed by atoms with Crippen LogP contribution in [0.3, 0.4) is 0 Å². The van der Waals surface area contributed by atoms with Crippen molar-refractivity contribution in [2.45, 2.75) is 83.1 Å². The molecule has 1 aromatic carbocycles. The van der Waals surface area contributed by atoms with Gasteiger partial charge < -0.3 is 58.5 Å². The second-order valence-electron chi connectivity index (χ2n) is 16.6. The SMILES string of the molecule is BNCCCOCCOCCOCCOCCOc1ccc(C2=NNC(C)=C3CCC(OC(=O)NCCCOCCOCCOCCCNC(=O)CCN4C(=O)CC(B)C4=O)CCCC23)cc1. The minimum atomic E-state index is -0.404. The number of nitrogens with one attached hydrogen (secondary N) is 4. The van der Waals surface area contributed by atoms with E-state index in [1.165, 1.54) is 10.5 Å². The van der Waals surface area contributed by atoms with Crippen LogP contribution in [0.25, 0.3) is 0 Å². The van der Waals surface area contributed by atoms with Crippen LogP contribution in [0.5, 0.6) is 5.75 Å². The van der Waals surface area contributed by atoms with Crippen molar-refractivity contribution < 1.29 is 61.8 Å². The second-order valence-corrected chi connectivity index (χ2v) is 16.6. The number of carbonyl (C=O) groups is 4. The van der Waals surface area contributed by atoms with Gasteiger partial charge in [0.05, 0.1) is 78.4 Å². The molecular weight excluding hydrogens is 866 g/mol. The van der Waals surface area contributed by atoms with Crippen molar-refractivity contribution >= 4 is 45.4 Å². The fourth-order valence-electron chi connectivity index (χ4n) is 7.73. The zero-order valence-corrected chi connectivity index (χ0v) is 40.2. The summed E-state index contributed by atoms with van der Waals surface area (Å²) in [5.74, 6) is 0.0402. The zero-order valence-electron chi connectivity index (χ0n) is 40.2. The Kier molecular flexibility index (Phi) is 28.4. The number of nitrogens with zero attached hydrogens (tertiary/aromatic N) is 2. The molecule has 19 nitrogen and oxygen atoms in total. The standard InChI is InChI=1S/C46H76B2N6O13/c1-35-39-13-12-38(67-46(58)50-16-4-20-60-23-26-62-25-22-59-19-3-15-49-42(55)14-18-54-43(56)34-41(47)45(54)57)6-2-7-40(39)44(53-52-35)36-8-10-37(11-9-36)66-33-32-65-31-30-64-29-28-63-27-24-61-21-5-17-51-48/h8-11,38,40-41,51-52H,2-7,12-34,47-48H2,1H3,(H,49,55)(H,50,58). The number of imide groups is 1. The van der Waals surface area contributed by atoms with Crippen LogP contribution in [0, 0.1) is 5.92 Å². The van der Waals surface area contributed by atoms with Crippen LogP contribution in [0.1, 0.15) is 76.7 Å². The lowest BCUT2D eigenvalue weighted by atomic mass is 9.79.